The minimum Gasteiger partial charge on any atom is -0.455 e. The lowest BCUT2D eigenvalue weighted by atomic mass is 10.0. The lowest BCUT2D eigenvalue weighted by Gasteiger charge is -2.26. The van der Waals surface area contributed by atoms with E-state index in [1.807, 2.05) is 12.1 Å². The molecule has 0 aliphatic heterocycles. The van der Waals surface area contributed by atoms with Gasteiger partial charge in [-0.3, -0.25) is 0 Å². The summed E-state index contributed by atoms with van der Waals surface area (Å²) in [6.07, 6.45) is 0. The summed E-state index contributed by atoms with van der Waals surface area (Å²) in [6.45, 7) is 0. The van der Waals surface area contributed by atoms with E-state index in [1.165, 1.54) is 59.9 Å². The molecular formula is C64H41N3O. The predicted molar refractivity (Wildman–Crippen MR) is 285 cm³/mol. The fourth-order valence-corrected chi connectivity index (χ4v) is 10.7. The minimum atomic E-state index is 0.901. The Hall–Kier alpha value is -9.12. The van der Waals surface area contributed by atoms with E-state index in [0.717, 1.165) is 67.1 Å². The van der Waals surface area contributed by atoms with Gasteiger partial charge in [0, 0.05) is 66.3 Å². The van der Waals surface area contributed by atoms with Gasteiger partial charge in [-0.1, -0.05) is 152 Å². The number of hydrogen-bond donors (Lipinski definition) is 0. The summed E-state index contributed by atoms with van der Waals surface area (Å²) in [5.41, 5.74) is 16.7. The number of para-hydroxylation sites is 6. The first kappa shape index (κ1) is 38.2. The van der Waals surface area contributed by atoms with E-state index >= 15 is 0 Å². The highest BCUT2D eigenvalue weighted by molar-refractivity contribution is 6.12. The lowest BCUT2D eigenvalue weighted by molar-refractivity contribution is 0.670. The van der Waals surface area contributed by atoms with Crippen LogP contribution in [0.25, 0.3) is 110 Å². The van der Waals surface area contributed by atoms with E-state index in [1.54, 1.807) is 0 Å². The maximum atomic E-state index is 6.47. The van der Waals surface area contributed by atoms with Crippen molar-refractivity contribution in [2.45, 2.75) is 0 Å². The van der Waals surface area contributed by atoms with E-state index in [0.29, 0.717) is 0 Å². The average Bonchev–Trinajstić information content (AvgIpc) is 4.07. The van der Waals surface area contributed by atoms with E-state index < -0.39 is 0 Å². The van der Waals surface area contributed by atoms with E-state index in [-0.39, 0.29) is 0 Å². The van der Waals surface area contributed by atoms with Crippen molar-refractivity contribution < 1.29 is 4.42 Å². The van der Waals surface area contributed by atoms with Crippen LogP contribution in [0.3, 0.4) is 0 Å². The molecule has 14 aromatic rings. The van der Waals surface area contributed by atoms with Crippen LogP contribution in [0.1, 0.15) is 0 Å². The maximum absolute atomic E-state index is 6.47. The van der Waals surface area contributed by atoms with Crippen LogP contribution in [0.5, 0.6) is 0 Å². The van der Waals surface area contributed by atoms with E-state index in [2.05, 4.69) is 251 Å². The molecule has 4 nitrogen and oxygen atoms in total. The Bertz CT molecular complexity index is 4200. The van der Waals surface area contributed by atoms with Gasteiger partial charge in [0.1, 0.15) is 11.2 Å². The summed E-state index contributed by atoms with van der Waals surface area (Å²) >= 11 is 0. The van der Waals surface area contributed by atoms with Gasteiger partial charge in [0.2, 0.25) is 0 Å². The van der Waals surface area contributed by atoms with Crippen LogP contribution in [0.2, 0.25) is 0 Å². The highest BCUT2D eigenvalue weighted by atomic mass is 16.3. The lowest BCUT2D eigenvalue weighted by Crippen LogP contribution is -2.10. The van der Waals surface area contributed by atoms with E-state index in [4.69, 9.17) is 4.42 Å². The van der Waals surface area contributed by atoms with Gasteiger partial charge in [0.15, 0.2) is 0 Å². The molecule has 0 radical (unpaired) electrons. The van der Waals surface area contributed by atoms with Crippen molar-refractivity contribution in [2.75, 3.05) is 4.90 Å². The monoisotopic (exact) mass is 867 g/mol. The molecule has 0 saturated carbocycles. The molecule has 0 bridgehead atoms. The van der Waals surface area contributed by atoms with Crippen LogP contribution in [0, 0.1) is 0 Å². The van der Waals surface area contributed by atoms with Gasteiger partial charge in [-0.25, -0.2) is 0 Å². The van der Waals surface area contributed by atoms with Crippen LogP contribution >= 0.6 is 0 Å². The summed E-state index contributed by atoms with van der Waals surface area (Å²) in [4.78, 5) is 2.37. The molecule has 0 N–H and O–H groups in total. The first-order valence-corrected chi connectivity index (χ1v) is 23.2. The molecule has 68 heavy (non-hydrogen) atoms. The summed E-state index contributed by atoms with van der Waals surface area (Å²) in [7, 11) is 0. The van der Waals surface area contributed by atoms with Gasteiger partial charge < -0.3 is 18.5 Å². The molecule has 0 fully saturated rings. The second kappa shape index (κ2) is 15.2. The standard InChI is InChI=1S/C64H41N3O/c1-2-13-47(14-3-1)66-61-23-10-6-17-55(61)58-41-46(31-38-62(58)66)42-25-32-48(33-26-42)65(49-34-27-43(28-35-49)52-19-12-20-57-56-18-7-11-24-63(56)68-64(52)57)50-36-29-45-40-51(37-30-44(45)39-50)67-59-21-8-4-15-53(59)54-16-5-9-22-60(54)67/h1-41H. The molecule has 0 aliphatic rings. The fraction of sp³-hybridized carbons (Fsp3) is 0. The molecule has 0 amide bonds. The minimum absolute atomic E-state index is 0.901. The SMILES string of the molecule is c1ccc(-n2c3ccccc3c3cc(-c4ccc(N(c5ccc(-c6cccc7c6oc6ccccc67)cc5)c5ccc6cc(-n7c8ccccc8c8ccccc87)ccc6c5)cc4)ccc32)cc1. The summed E-state index contributed by atoms with van der Waals surface area (Å²) in [5.74, 6) is 0. The first-order chi connectivity index (χ1) is 33.7. The summed E-state index contributed by atoms with van der Waals surface area (Å²) in [6, 6.07) is 89.9. The smallest absolute Gasteiger partial charge is 0.143 e. The van der Waals surface area contributed by atoms with Crippen molar-refractivity contribution >= 4 is 93.4 Å². The van der Waals surface area contributed by atoms with Crippen LogP contribution in [0.15, 0.2) is 253 Å². The maximum Gasteiger partial charge on any atom is 0.143 e. The molecule has 14 rings (SSSR count). The third-order valence-corrected chi connectivity index (χ3v) is 13.9. The van der Waals surface area contributed by atoms with Crippen molar-refractivity contribution in [1.29, 1.82) is 0 Å². The average molecular weight is 868 g/mol. The molecule has 0 aliphatic carbocycles. The quantitative estimate of drug-likeness (QED) is 0.160. The zero-order valence-electron chi connectivity index (χ0n) is 36.9. The molecule has 0 unspecified atom stereocenters. The number of nitrogens with zero attached hydrogens (tertiary/aromatic N) is 3. The third-order valence-electron chi connectivity index (χ3n) is 13.9. The highest BCUT2D eigenvalue weighted by Gasteiger charge is 2.19. The predicted octanol–water partition coefficient (Wildman–Crippen LogP) is 17.7. The molecule has 0 saturated heterocycles. The van der Waals surface area contributed by atoms with Gasteiger partial charge in [-0.05, 0) is 125 Å². The van der Waals surface area contributed by atoms with Crippen molar-refractivity contribution in [2.24, 2.45) is 0 Å². The van der Waals surface area contributed by atoms with Crippen LogP contribution < -0.4 is 4.90 Å². The van der Waals surface area contributed by atoms with Crippen molar-refractivity contribution in [3.05, 3.63) is 249 Å². The Kier molecular flexibility index (Phi) is 8.55. The Labute approximate surface area is 392 Å². The van der Waals surface area contributed by atoms with Gasteiger partial charge in [-0.15, -0.1) is 0 Å². The largest absolute Gasteiger partial charge is 0.455 e. The number of anilines is 3. The highest BCUT2D eigenvalue weighted by Crippen LogP contribution is 2.42. The zero-order valence-corrected chi connectivity index (χ0v) is 36.9. The van der Waals surface area contributed by atoms with Gasteiger partial charge in [0.05, 0.1) is 22.1 Å². The molecule has 3 aromatic heterocycles. The first-order valence-electron chi connectivity index (χ1n) is 23.2. The second-order valence-electron chi connectivity index (χ2n) is 17.7. The van der Waals surface area contributed by atoms with E-state index in [9.17, 15) is 0 Å². The molecule has 11 aromatic carbocycles. The Balaban J connectivity index is 0.873. The Morgan fingerprint density at radius 3 is 1.51 bits per heavy atom. The van der Waals surface area contributed by atoms with Crippen molar-refractivity contribution in [3.8, 4) is 33.6 Å². The number of furan rings is 1. The molecule has 4 heteroatoms. The second-order valence-corrected chi connectivity index (χ2v) is 17.7. The topological polar surface area (TPSA) is 26.2 Å². The third kappa shape index (κ3) is 6.01. The van der Waals surface area contributed by atoms with Crippen molar-refractivity contribution in [3.63, 3.8) is 0 Å². The number of aromatic nitrogens is 2. The Morgan fingerprint density at radius 1 is 0.294 bits per heavy atom. The number of rotatable bonds is 7. The van der Waals surface area contributed by atoms with Crippen LogP contribution in [-0.4, -0.2) is 9.13 Å². The van der Waals surface area contributed by atoms with Crippen LogP contribution in [-0.2, 0) is 0 Å². The molecule has 0 atom stereocenters. The zero-order chi connectivity index (χ0) is 44.7. The van der Waals surface area contributed by atoms with Gasteiger partial charge >= 0.3 is 0 Å². The Morgan fingerprint density at radius 2 is 0.809 bits per heavy atom. The molecule has 318 valence electrons. The number of hydrogen-bond acceptors (Lipinski definition) is 2. The number of benzene rings is 11. The number of fused-ring (bicyclic) bond motifs is 10. The summed E-state index contributed by atoms with van der Waals surface area (Å²) < 4.78 is 11.2. The molecule has 0 spiro atoms. The molecule has 3 heterocycles. The summed E-state index contributed by atoms with van der Waals surface area (Å²) in [5, 5.41) is 9.62. The van der Waals surface area contributed by atoms with Crippen LogP contribution in [0.4, 0.5) is 17.1 Å². The van der Waals surface area contributed by atoms with Gasteiger partial charge in [0.25, 0.3) is 0 Å². The molecular weight excluding hydrogens is 827 g/mol. The normalized spacial score (nSPS) is 11.8. The van der Waals surface area contributed by atoms with Crippen molar-refractivity contribution in [1.82, 2.24) is 9.13 Å². The fourth-order valence-electron chi connectivity index (χ4n) is 10.7. The van der Waals surface area contributed by atoms with Gasteiger partial charge in [-0.2, -0.15) is 0 Å².